The molecule has 1 atom stereocenters. The van der Waals surface area contributed by atoms with Gasteiger partial charge in [0.25, 0.3) is 0 Å². The molecule has 4 heteroatoms. The first-order valence-corrected chi connectivity index (χ1v) is 7.80. The lowest BCUT2D eigenvalue weighted by atomic mass is 9.89. The summed E-state index contributed by atoms with van der Waals surface area (Å²) in [5.74, 6) is 0.433. The Morgan fingerprint density at radius 2 is 2.10 bits per heavy atom. The molecule has 0 fully saturated rings. The van der Waals surface area contributed by atoms with Crippen LogP contribution in [0, 0.1) is 5.82 Å². The summed E-state index contributed by atoms with van der Waals surface area (Å²) in [5.41, 5.74) is 2.64. The van der Waals surface area contributed by atoms with E-state index in [-0.39, 0.29) is 18.5 Å². The molecule has 21 heavy (non-hydrogen) atoms. The SMILES string of the molecule is OC1CCCc2cc(OCc3ccc(Br)cc3F)ccc21. The molecule has 0 heterocycles. The molecule has 1 aliphatic carbocycles. The normalized spacial score (nSPS) is 17.4. The molecule has 0 amide bonds. The van der Waals surface area contributed by atoms with Crippen LogP contribution in [-0.4, -0.2) is 5.11 Å². The minimum absolute atomic E-state index is 0.195. The zero-order valence-electron chi connectivity index (χ0n) is 11.5. The van der Waals surface area contributed by atoms with Gasteiger partial charge in [0, 0.05) is 10.0 Å². The molecule has 0 spiro atoms. The lowest BCUT2D eigenvalue weighted by Crippen LogP contribution is -2.09. The van der Waals surface area contributed by atoms with Gasteiger partial charge in [0.1, 0.15) is 18.2 Å². The molecule has 1 N–H and O–H groups in total. The lowest BCUT2D eigenvalue weighted by Gasteiger charge is -2.21. The van der Waals surface area contributed by atoms with Crippen LogP contribution in [0.3, 0.4) is 0 Å². The van der Waals surface area contributed by atoms with Crippen LogP contribution in [0.15, 0.2) is 40.9 Å². The molecule has 0 radical (unpaired) electrons. The van der Waals surface area contributed by atoms with Crippen molar-refractivity contribution in [3.63, 3.8) is 0 Å². The second kappa shape index (κ2) is 6.16. The van der Waals surface area contributed by atoms with Crippen LogP contribution >= 0.6 is 15.9 Å². The Morgan fingerprint density at radius 1 is 1.24 bits per heavy atom. The van der Waals surface area contributed by atoms with Crippen molar-refractivity contribution in [2.45, 2.75) is 32.0 Å². The zero-order valence-corrected chi connectivity index (χ0v) is 13.1. The average Bonchev–Trinajstić information content (AvgIpc) is 2.46. The van der Waals surface area contributed by atoms with Crippen molar-refractivity contribution in [3.8, 4) is 5.75 Å². The van der Waals surface area contributed by atoms with Crippen LogP contribution in [-0.2, 0) is 13.0 Å². The third kappa shape index (κ3) is 3.27. The number of fused-ring (bicyclic) bond motifs is 1. The van der Waals surface area contributed by atoms with E-state index in [2.05, 4.69) is 15.9 Å². The Hall–Kier alpha value is -1.39. The van der Waals surface area contributed by atoms with Crippen LogP contribution in [0.5, 0.6) is 5.75 Å². The lowest BCUT2D eigenvalue weighted by molar-refractivity contribution is 0.156. The molecule has 0 aliphatic heterocycles. The molecule has 0 bridgehead atoms. The molecule has 0 aromatic heterocycles. The third-order valence-electron chi connectivity index (χ3n) is 3.81. The summed E-state index contributed by atoms with van der Waals surface area (Å²) in [7, 11) is 0. The van der Waals surface area contributed by atoms with Crippen molar-refractivity contribution in [1.82, 2.24) is 0 Å². The molecule has 1 aliphatic rings. The van der Waals surface area contributed by atoms with Crippen molar-refractivity contribution in [2.75, 3.05) is 0 Å². The van der Waals surface area contributed by atoms with E-state index in [0.29, 0.717) is 15.8 Å². The smallest absolute Gasteiger partial charge is 0.130 e. The van der Waals surface area contributed by atoms with Gasteiger partial charge in [-0.3, -0.25) is 0 Å². The van der Waals surface area contributed by atoms with Crippen molar-refractivity contribution in [3.05, 3.63) is 63.4 Å². The van der Waals surface area contributed by atoms with Crippen molar-refractivity contribution >= 4 is 15.9 Å². The van der Waals surface area contributed by atoms with Crippen LogP contribution in [0.25, 0.3) is 0 Å². The highest BCUT2D eigenvalue weighted by Crippen LogP contribution is 2.32. The molecular formula is C17H16BrFO2. The van der Waals surface area contributed by atoms with Crippen LogP contribution in [0.4, 0.5) is 4.39 Å². The summed E-state index contributed by atoms with van der Waals surface area (Å²) in [6, 6.07) is 10.6. The summed E-state index contributed by atoms with van der Waals surface area (Å²) in [4.78, 5) is 0. The summed E-state index contributed by atoms with van der Waals surface area (Å²) < 4.78 is 20.1. The summed E-state index contributed by atoms with van der Waals surface area (Å²) in [6.45, 7) is 0.195. The molecule has 110 valence electrons. The van der Waals surface area contributed by atoms with Crippen molar-refractivity contribution in [2.24, 2.45) is 0 Å². The van der Waals surface area contributed by atoms with E-state index in [1.165, 1.54) is 6.07 Å². The second-order valence-corrected chi connectivity index (χ2v) is 6.21. The Labute approximate surface area is 131 Å². The van der Waals surface area contributed by atoms with Gasteiger partial charge in [0.05, 0.1) is 6.10 Å². The first-order valence-electron chi connectivity index (χ1n) is 7.01. The van der Waals surface area contributed by atoms with E-state index in [9.17, 15) is 9.50 Å². The van der Waals surface area contributed by atoms with Gasteiger partial charge in [0.15, 0.2) is 0 Å². The first-order chi connectivity index (χ1) is 10.1. The highest BCUT2D eigenvalue weighted by atomic mass is 79.9. The fraction of sp³-hybridized carbons (Fsp3) is 0.294. The zero-order chi connectivity index (χ0) is 14.8. The van der Waals surface area contributed by atoms with E-state index in [4.69, 9.17) is 4.74 Å². The van der Waals surface area contributed by atoms with Gasteiger partial charge in [-0.15, -0.1) is 0 Å². The fourth-order valence-corrected chi connectivity index (χ4v) is 2.99. The number of ether oxygens (including phenoxy) is 1. The van der Waals surface area contributed by atoms with Crippen molar-refractivity contribution in [1.29, 1.82) is 0 Å². The minimum Gasteiger partial charge on any atom is -0.489 e. The standard InChI is InChI=1S/C17H16BrFO2/c18-13-5-4-12(16(19)9-13)10-21-14-6-7-15-11(8-14)2-1-3-17(15)20/h4-9,17,20H,1-3,10H2. The minimum atomic E-state index is -0.369. The number of aliphatic hydroxyl groups is 1. The van der Waals surface area contributed by atoms with E-state index < -0.39 is 0 Å². The highest BCUT2D eigenvalue weighted by Gasteiger charge is 2.18. The van der Waals surface area contributed by atoms with E-state index >= 15 is 0 Å². The number of aliphatic hydroxyl groups excluding tert-OH is 1. The number of aryl methyl sites for hydroxylation is 1. The predicted octanol–water partition coefficient (Wildman–Crippen LogP) is 4.54. The number of hydrogen-bond acceptors (Lipinski definition) is 2. The predicted molar refractivity (Wildman–Crippen MR) is 82.8 cm³/mol. The van der Waals surface area contributed by atoms with Gasteiger partial charge in [-0.25, -0.2) is 4.39 Å². The molecule has 0 saturated heterocycles. The Bertz CT molecular complexity index is 657. The molecule has 1 unspecified atom stereocenters. The molecule has 2 aromatic carbocycles. The van der Waals surface area contributed by atoms with E-state index in [1.807, 2.05) is 18.2 Å². The topological polar surface area (TPSA) is 29.5 Å². The van der Waals surface area contributed by atoms with Gasteiger partial charge < -0.3 is 9.84 Å². The largest absolute Gasteiger partial charge is 0.489 e. The molecule has 3 rings (SSSR count). The number of benzene rings is 2. The van der Waals surface area contributed by atoms with Crippen LogP contribution in [0.1, 0.15) is 35.6 Å². The average molecular weight is 351 g/mol. The molecule has 2 nitrogen and oxygen atoms in total. The van der Waals surface area contributed by atoms with E-state index in [1.54, 1.807) is 12.1 Å². The quantitative estimate of drug-likeness (QED) is 0.880. The number of rotatable bonds is 3. The first kappa shape index (κ1) is 14.5. The summed E-state index contributed by atoms with van der Waals surface area (Å²) in [5, 5.41) is 9.93. The molecular weight excluding hydrogens is 335 g/mol. The third-order valence-corrected chi connectivity index (χ3v) is 4.30. The van der Waals surface area contributed by atoms with Gasteiger partial charge >= 0.3 is 0 Å². The van der Waals surface area contributed by atoms with Crippen molar-refractivity contribution < 1.29 is 14.2 Å². The Balaban J connectivity index is 1.73. The van der Waals surface area contributed by atoms with Crippen LogP contribution < -0.4 is 4.74 Å². The van der Waals surface area contributed by atoms with Crippen LogP contribution in [0.2, 0.25) is 0 Å². The van der Waals surface area contributed by atoms with E-state index in [0.717, 1.165) is 30.4 Å². The van der Waals surface area contributed by atoms with Gasteiger partial charge in [-0.2, -0.15) is 0 Å². The fourth-order valence-electron chi connectivity index (χ4n) is 2.65. The van der Waals surface area contributed by atoms with Gasteiger partial charge in [0.2, 0.25) is 0 Å². The van der Waals surface area contributed by atoms with Gasteiger partial charge in [-0.05, 0) is 54.7 Å². The highest BCUT2D eigenvalue weighted by molar-refractivity contribution is 9.10. The summed E-state index contributed by atoms with van der Waals surface area (Å²) >= 11 is 3.23. The monoisotopic (exact) mass is 350 g/mol. The maximum absolute atomic E-state index is 13.7. The van der Waals surface area contributed by atoms with Gasteiger partial charge in [-0.1, -0.05) is 28.1 Å². The molecule has 2 aromatic rings. The number of hydrogen-bond donors (Lipinski definition) is 1. The second-order valence-electron chi connectivity index (χ2n) is 5.29. The Kier molecular flexibility index (Phi) is 4.27. The number of halogens is 2. The maximum atomic E-state index is 13.7. The molecule has 0 saturated carbocycles. The Morgan fingerprint density at radius 3 is 2.90 bits per heavy atom. The maximum Gasteiger partial charge on any atom is 0.130 e. The summed E-state index contributed by atoms with van der Waals surface area (Å²) in [6.07, 6.45) is 2.39.